The first-order chi connectivity index (χ1) is 27.0. The van der Waals surface area contributed by atoms with Gasteiger partial charge in [0.25, 0.3) is 0 Å². The molecule has 0 bridgehead atoms. The standard InChI is InChI=1S/C41H45N9O5/c1-52-34-11-3-29(4-12-34)27-49(28-30-5-13-35(53-2)14-6-30)39-42-25-31(26-43-39)37-36-15-16-50(38(36)46-40(45-37)48-19-23-55-24-20-48)41(51)44-32-7-9-33(10-8-32)47-17-21-54-22-18-47/h3-14,25-26H,15-24,27-28H2,1-2H3,(H,44,51). The van der Waals surface area contributed by atoms with Gasteiger partial charge in [0.1, 0.15) is 17.3 Å². The van der Waals surface area contributed by atoms with Crippen LogP contribution in [0, 0.1) is 0 Å². The number of urea groups is 1. The van der Waals surface area contributed by atoms with Crippen molar-refractivity contribution >= 4 is 35.1 Å². The second-order valence-corrected chi connectivity index (χ2v) is 13.6. The average molecular weight is 744 g/mol. The molecule has 0 atom stereocenters. The molecular formula is C41H45N9O5. The first-order valence-corrected chi connectivity index (χ1v) is 18.6. The molecule has 5 aromatic rings. The fourth-order valence-corrected chi connectivity index (χ4v) is 7.06. The molecule has 8 rings (SSSR count). The summed E-state index contributed by atoms with van der Waals surface area (Å²) in [5.41, 5.74) is 6.38. The number of nitrogens with zero attached hydrogens (tertiary/aromatic N) is 8. The first-order valence-electron chi connectivity index (χ1n) is 18.6. The highest BCUT2D eigenvalue weighted by Crippen LogP contribution is 2.36. The highest BCUT2D eigenvalue weighted by atomic mass is 16.5. The summed E-state index contributed by atoms with van der Waals surface area (Å²) in [6.45, 7) is 7.23. The topological polar surface area (TPSA) is 131 Å². The third kappa shape index (κ3) is 8.25. The molecule has 5 heterocycles. The third-order valence-corrected chi connectivity index (χ3v) is 10.1. The Morgan fingerprint density at radius 3 is 1.85 bits per heavy atom. The molecule has 55 heavy (non-hydrogen) atoms. The van der Waals surface area contributed by atoms with Gasteiger partial charge in [-0.05, 0) is 66.1 Å². The maximum absolute atomic E-state index is 13.8. The Labute approximate surface area is 320 Å². The molecule has 1 N–H and O–H groups in total. The largest absolute Gasteiger partial charge is 0.497 e. The molecule has 284 valence electrons. The summed E-state index contributed by atoms with van der Waals surface area (Å²) >= 11 is 0. The van der Waals surface area contributed by atoms with Crippen molar-refractivity contribution in [1.82, 2.24) is 19.9 Å². The smallest absolute Gasteiger partial charge is 0.327 e. The molecule has 14 heteroatoms. The van der Waals surface area contributed by atoms with Crippen molar-refractivity contribution in [1.29, 1.82) is 0 Å². The molecular weight excluding hydrogens is 699 g/mol. The van der Waals surface area contributed by atoms with Crippen molar-refractivity contribution in [2.75, 3.05) is 98.3 Å². The van der Waals surface area contributed by atoms with E-state index in [1.165, 1.54) is 0 Å². The number of amides is 2. The number of aromatic nitrogens is 4. The van der Waals surface area contributed by atoms with E-state index in [-0.39, 0.29) is 6.03 Å². The summed E-state index contributed by atoms with van der Waals surface area (Å²) in [4.78, 5) is 41.9. The minimum absolute atomic E-state index is 0.241. The molecule has 14 nitrogen and oxygen atoms in total. The number of rotatable bonds is 11. The molecule has 0 radical (unpaired) electrons. The van der Waals surface area contributed by atoms with E-state index in [0.29, 0.717) is 83.3 Å². The van der Waals surface area contributed by atoms with Gasteiger partial charge in [-0.2, -0.15) is 4.98 Å². The van der Waals surface area contributed by atoms with Crippen LogP contribution in [0.4, 0.5) is 33.9 Å². The zero-order chi connectivity index (χ0) is 37.6. The maximum Gasteiger partial charge on any atom is 0.327 e. The number of morpholine rings is 2. The second kappa shape index (κ2) is 16.6. The highest BCUT2D eigenvalue weighted by molar-refractivity contribution is 6.03. The predicted molar refractivity (Wildman–Crippen MR) is 212 cm³/mol. The molecule has 2 fully saturated rings. The minimum Gasteiger partial charge on any atom is -0.497 e. The van der Waals surface area contributed by atoms with Crippen LogP contribution in [-0.4, -0.2) is 99.3 Å². The highest BCUT2D eigenvalue weighted by Gasteiger charge is 2.32. The zero-order valence-electron chi connectivity index (χ0n) is 31.2. The number of methoxy groups -OCH3 is 2. The molecule has 3 aromatic carbocycles. The fraction of sp³-hybridized carbons (Fsp3) is 0.341. The number of nitrogens with one attached hydrogen (secondary N) is 1. The van der Waals surface area contributed by atoms with Crippen molar-refractivity contribution in [3.63, 3.8) is 0 Å². The van der Waals surface area contributed by atoms with Crippen molar-refractivity contribution in [2.45, 2.75) is 19.5 Å². The summed E-state index contributed by atoms with van der Waals surface area (Å²) in [6, 6.07) is 23.7. The number of benzene rings is 3. The molecule has 3 aliphatic rings. The van der Waals surface area contributed by atoms with Crippen LogP contribution in [0.5, 0.6) is 11.5 Å². The molecule has 0 spiro atoms. The van der Waals surface area contributed by atoms with Gasteiger partial charge < -0.3 is 39.0 Å². The van der Waals surface area contributed by atoms with Crippen molar-refractivity contribution < 1.29 is 23.7 Å². The van der Waals surface area contributed by atoms with Crippen LogP contribution < -0.4 is 34.4 Å². The van der Waals surface area contributed by atoms with E-state index >= 15 is 0 Å². The lowest BCUT2D eigenvalue weighted by atomic mass is 10.1. The number of ether oxygens (including phenoxy) is 4. The first kappa shape index (κ1) is 36.0. The molecule has 2 aromatic heterocycles. The van der Waals surface area contributed by atoms with Crippen LogP contribution in [0.1, 0.15) is 16.7 Å². The predicted octanol–water partition coefficient (Wildman–Crippen LogP) is 5.43. The second-order valence-electron chi connectivity index (χ2n) is 13.6. The lowest BCUT2D eigenvalue weighted by molar-refractivity contribution is 0.122. The fourth-order valence-electron chi connectivity index (χ4n) is 7.06. The summed E-state index contributed by atoms with van der Waals surface area (Å²) in [7, 11) is 3.33. The molecule has 0 saturated carbocycles. The SMILES string of the molecule is COc1ccc(CN(Cc2ccc(OC)cc2)c2ncc(-c3nc(N4CCOCC4)nc4c3CCN4C(=O)Nc3ccc(N4CCOCC4)cc3)cn2)cc1. The van der Waals surface area contributed by atoms with Crippen LogP contribution in [0.15, 0.2) is 85.2 Å². The normalized spacial score (nSPS) is 15.4. The van der Waals surface area contributed by atoms with Crippen LogP contribution in [0.2, 0.25) is 0 Å². The van der Waals surface area contributed by atoms with Gasteiger partial charge in [0.15, 0.2) is 0 Å². The van der Waals surface area contributed by atoms with Crippen LogP contribution in [-0.2, 0) is 29.0 Å². The van der Waals surface area contributed by atoms with Gasteiger partial charge in [-0.25, -0.2) is 19.7 Å². The van der Waals surface area contributed by atoms with Gasteiger partial charge in [0.2, 0.25) is 11.9 Å². The van der Waals surface area contributed by atoms with Gasteiger partial charge >= 0.3 is 6.03 Å². The van der Waals surface area contributed by atoms with E-state index in [2.05, 4.69) is 20.0 Å². The Balaban J connectivity index is 1.07. The van der Waals surface area contributed by atoms with Crippen LogP contribution >= 0.6 is 0 Å². The lowest BCUT2D eigenvalue weighted by Gasteiger charge is -2.29. The van der Waals surface area contributed by atoms with E-state index < -0.39 is 0 Å². The lowest BCUT2D eigenvalue weighted by Crippen LogP contribution is -2.38. The maximum atomic E-state index is 13.8. The average Bonchev–Trinajstić information content (AvgIpc) is 3.69. The van der Waals surface area contributed by atoms with Gasteiger partial charge in [-0.1, -0.05) is 24.3 Å². The van der Waals surface area contributed by atoms with E-state index in [0.717, 1.165) is 63.9 Å². The van der Waals surface area contributed by atoms with Crippen molar-refractivity contribution in [3.8, 4) is 22.8 Å². The van der Waals surface area contributed by atoms with Crippen LogP contribution in [0.3, 0.4) is 0 Å². The van der Waals surface area contributed by atoms with Gasteiger partial charge in [0.05, 0.1) is 46.3 Å². The Hall–Kier alpha value is -5.99. The Morgan fingerprint density at radius 2 is 1.29 bits per heavy atom. The zero-order valence-corrected chi connectivity index (χ0v) is 31.2. The molecule has 3 aliphatic heterocycles. The number of anilines is 5. The van der Waals surface area contributed by atoms with Gasteiger partial charge in [0, 0.05) is 80.7 Å². The van der Waals surface area contributed by atoms with E-state index in [1.54, 1.807) is 19.1 Å². The van der Waals surface area contributed by atoms with Crippen molar-refractivity contribution in [3.05, 3.63) is 102 Å². The monoisotopic (exact) mass is 743 g/mol. The van der Waals surface area contributed by atoms with E-state index in [9.17, 15) is 4.79 Å². The van der Waals surface area contributed by atoms with Crippen LogP contribution in [0.25, 0.3) is 11.3 Å². The quantitative estimate of drug-likeness (QED) is 0.185. The number of hydrogen-bond acceptors (Lipinski definition) is 12. The van der Waals surface area contributed by atoms with E-state index in [1.807, 2.05) is 85.2 Å². The summed E-state index contributed by atoms with van der Waals surface area (Å²) in [6.07, 6.45) is 4.24. The van der Waals surface area contributed by atoms with Crippen molar-refractivity contribution in [2.24, 2.45) is 0 Å². The number of hydrogen-bond donors (Lipinski definition) is 1. The minimum atomic E-state index is -0.241. The molecule has 0 unspecified atom stereocenters. The number of carbonyl (C=O) groups excluding carboxylic acids is 1. The van der Waals surface area contributed by atoms with E-state index in [4.69, 9.17) is 38.9 Å². The number of carbonyl (C=O) groups is 1. The Bertz CT molecular complexity index is 2000. The molecule has 2 amide bonds. The molecule has 2 saturated heterocycles. The summed E-state index contributed by atoms with van der Waals surface area (Å²) in [5, 5.41) is 3.09. The summed E-state index contributed by atoms with van der Waals surface area (Å²) in [5.74, 6) is 3.33. The summed E-state index contributed by atoms with van der Waals surface area (Å²) < 4.78 is 21.9. The van der Waals surface area contributed by atoms with Gasteiger partial charge in [-0.3, -0.25) is 4.90 Å². The molecule has 0 aliphatic carbocycles. The third-order valence-electron chi connectivity index (χ3n) is 10.1. The number of fused-ring (bicyclic) bond motifs is 1. The Morgan fingerprint density at radius 1 is 0.727 bits per heavy atom. The van der Waals surface area contributed by atoms with Gasteiger partial charge in [-0.15, -0.1) is 0 Å². The Kier molecular flexibility index (Phi) is 10.9.